The molecular formula is C19H18AlN5O2. The summed E-state index contributed by atoms with van der Waals surface area (Å²) in [6.07, 6.45) is 0. The van der Waals surface area contributed by atoms with Gasteiger partial charge >= 0.3 is 22.2 Å². The maximum Gasteiger partial charge on any atom is 0.349 e. The first-order chi connectivity index (χ1) is 13.2. The van der Waals surface area contributed by atoms with Crippen molar-refractivity contribution in [3.63, 3.8) is 0 Å². The van der Waals surface area contributed by atoms with Crippen molar-refractivity contribution in [2.45, 2.75) is 19.0 Å². The van der Waals surface area contributed by atoms with Gasteiger partial charge in [-0.15, -0.1) is 0 Å². The van der Waals surface area contributed by atoms with Gasteiger partial charge in [-0.2, -0.15) is 4.98 Å². The Hall–Kier alpha value is -2.82. The summed E-state index contributed by atoms with van der Waals surface area (Å²) >= 11 is 2.16. The Labute approximate surface area is 164 Å². The number of nitrogens with one attached hydrogen (secondary N) is 3. The van der Waals surface area contributed by atoms with Crippen molar-refractivity contribution < 1.29 is 4.79 Å². The Balaban J connectivity index is 1.55. The molecule has 3 N–H and O–H groups in total. The lowest BCUT2D eigenvalue weighted by atomic mass is 9.96. The second-order valence-corrected chi connectivity index (χ2v) is 6.81. The SMILES string of the molecule is O=C([NH][Al])NCc1ccc(C2CNc3c4ccccc4nc(=O)n3C2)cc1. The van der Waals surface area contributed by atoms with Gasteiger partial charge in [0, 0.05) is 30.9 Å². The number of benzene rings is 2. The number of hydrogen-bond acceptors (Lipinski definition) is 4. The third-order valence-electron chi connectivity index (χ3n) is 4.83. The number of amides is 2. The summed E-state index contributed by atoms with van der Waals surface area (Å²) < 4.78 is 4.16. The Bertz CT molecular complexity index is 1050. The van der Waals surface area contributed by atoms with Crippen LogP contribution in [0.4, 0.5) is 10.6 Å². The second kappa shape index (κ2) is 7.43. The van der Waals surface area contributed by atoms with Crippen molar-refractivity contribution in [2.75, 3.05) is 11.9 Å². The van der Waals surface area contributed by atoms with E-state index < -0.39 is 0 Å². The molecule has 2 radical (unpaired) electrons. The first kappa shape index (κ1) is 17.6. The van der Waals surface area contributed by atoms with Crippen LogP contribution in [0.3, 0.4) is 0 Å². The van der Waals surface area contributed by atoms with Crippen LogP contribution in [0.25, 0.3) is 10.9 Å². The Morgan fingerprint density at radius 3 is 2.78 bits per heavy atom. The van der Waals surface area contributed by atoms with E-state index in [1.807, 2.05) is 48.5 Å². The number of anilines is 1. The number of fused-ring (bicyclic) bond motifs is 3. The second-order valence-electron chi connectivity index (χ2n) is 6.52. The average Bonchev–Trinajstić information content (AvgIpc) is 2.72. The minimum absolute atomic E-state index is 0.176. The van der Waals surface area contributed by atoms with E-state index in [2.05, 4.69) is 36.4 Å². The highest BCUT2D eigenvalue weighted by atomic mass is 27.1. The van der Waals surface area contributed by atoms with Crippen molar-refractivity contribution in [1.82, 2.24) is 19.2 Å². The molecule has 27 heavy (non-hydrogen) atoms. The fourth-order valence-electron chi connectivity index (χ4n) is 3.40. The van der Waals surface area contributed by atoms with Gasteiger partial charge in [0.05, 0.1) is 5.52 Å². The van der Waals surface area contributed by atoms with E-state index in [9.17, 15) is 9.59 Å². The molecule has 4 rings (SSSR count). The van der Waals surface area contributed by atoms with E-state index in [-0.39, 0.29) is 17.6 Å². The van der Waals surface area contributed by atoms with Crippen LogP contribution in [0.1, 0.15) is 17.0 Å². The van der Waals surface area contributed by atoms with E-state index in [4.69, 9.17) is 0 Å². The fraction of sp³-hybridized carbons (Fsp3) is 0.211. The van der Waals surface area contributed by atoms with E-state index in [0.29, 0.717) is 18.6 Å². The molecule has 3 aromatic rings. The van der Waals surface area contributed by atoms with Gasteiger partial charge in [0.1, 0.15) is 5.82 Å². The number of para-hydroxylation sites is 1. The number of carbonyl (C=O) groups excluding carboxylic acids is 1. The van der Waals surface area contributed by atoms with Gasteiger partial charge in [0.15, 0.2) is 0 Å². The Morgan fingerprint density at radius 2 is 2.00 bits per heavy atom. The highest BCUT2D eigenvalue weighted by molar-refractivity contribution is 6.13. The molecule has 0 spiro atoms. The summed E-state index contributed by atoms with van der Waals surface area (Å²) in [5.41, 5.74) is 2.64. The summed E-state index contributed by atoms with van der Waals surface area (Å²) in [6.45, 7) is 1.80. The first-order valence-corrected chi connectivity index (χ1v) is 9.30. The van der Waals surface area contributed by atoms with Crippen LogP contribution >= 0.6 is 0 Å². The van der Waals surface area contributed by atoms with E-state index >= 15 is 0 Å². The standard InChI is InChI=1S/C19H19N5O2.Al/c20-18(25)22-9-12-5-7-13(8-6-12)14-10-21-17-15-3-1-2-4-16(15)23-19(26)24(17)11-14;/h1-8,14H,9-11H2,(H4,20,21,22,23,25,26);/q;+1/p-1. The number of aromatic nitrogens is 2. The lowest BCUT2D eigenvalue weighted by Gasteiger charge is -2.28. The van der Waals surface area contributed by atoms with Crippen molar-refractivity contribution in [3.8, 4) is 0 Å². The molecular weight excluding hydrogens is 357 g/mol. The molecule has 7 nitrogen and oxygen atoms in total. The lowest BCUT2D eigenvalue weighted by Crippen LogP contribution is -2.35. The van der Waals surface area contributed by atoms with Crippen LogP contribution in [0.15, 0.2) is 53.3 Å². The molecule has 2 amide bonds. The lowest BCUT2D eigenvalue weighted by molar-refractivity contribution is 0.245. The Morgan fingerprint density at radius 1 is 1.22 bits per heavy atom. The van der Waals surface area contributed by atoms with E-state index in [0.717, 1.165) is 28.9 Å². The summed E-state index contributed by atoms with van der Waals surface area (Å²) in [4.78, 5) is 27.9. The van der Waals surface area contributed by atoms with Crippen LogP contribution in [-0.4, -0.2) is 38.6 Å². The van der Waals surface area contributed by atoms with Crippen LogP contribution in [0.5, 0.6) is 0 Å². The number of rotatable bonds is 3. The van der Waals surface area contributed by atoms with Crippen molar-refractivity contribution >= 4 is 39.3 Å². The van der Waals surface area contributed by atoms with Crippen molar-refractivity contribution in [3.05, 3.63) is 70.1 Å². The minimum atomic E-state index is -0.240. The molecule has 0 saturated heterocycles. The number of urea groups is 1. The maximum absolute atomic E-state index is 12.5. The maximum atomic E-state index is 12.5. The monoisotopic (exact) mass is 375 g/mol. The number of carbonyl (C=O) groups is 1. The summed E-state index contributed by atoms with van der Waals surface area (Å²) in [6, 6.07) is 15.5. The highest BCUT2D eigenvalue weighted by Crippen LogP contribution is 2.28. The highest BCUT2D eigenvalue weighted by Gasteiger charge is 2.22. The van der Waals surface area contributed by atoms with Gasteiger partial charge in [0.25, 0.3) is 6.03 Å². The molecule has 1 atom stereocenters. The van der Waals surface area contributed by atoms with E-state index in [1.54, 1.807) is 4.57 Å². The quantitative estimate of drug-likeness (QED) is 0.606. The minimum Gasteiger partial charge on any atom is -0.446 e. The van der Waals surface area contributed by atoms with Gasteiger partial charge in [-0.3, -0.25) is 9.36 Å². The van der Waals surface area contributed by atoms with Gasteiger partial charge in [-0.25, -0.2) is 4.79 Å². The molecule has 0 saturated carbocycles. The predicted molar refractivity (Wildman–Crippen MR) is 105 cm³/mol. The molecule has 8 heteroatoms. The molecule has 2 aromatic carbocycles. The van der Waals surface area contributed by atoms with Gasteiger partial charge < -0.3 is 14.9 Å². The summed E-state index contributed by atoms with van der Waals surface area (Å²) in [5.74, 6) is 1.02. The van der Waals surface area contributed by atoms with Crippen molar-refractivity contribution in [1.29, 1.82) is 0 Å². The van der Waals surface area contributed by atoms with Crippen LogP contribution in [-0.2, 0) is 13.1 Å². The number of nitrogens with zero attached hydrogens (tertiary/aromatic N) is 2. The number of hydrogen-bond donors (Lipinski definition) is 3. The molecule has 1 aliphatic rings. The molecule has 1 aliphatic heterocycles. The summed E-state index contributed by atoms with van der Waals surface area (Å²) in [7, 11) is 0. The molecule has 0 aliphatic carbocycles. The predicted octanol–water partition coefficient (Wildman–Crippen LogP) is 1.49. The average molecular weight is 375 g/mol. The Kier molecular flexibility index (Phi) is 4.84. The zero-order chi connectivity index (χ0) is 18.8. The molecule has 0 fully saturated rings. The zero-order valence-corrected chi connectivity index (χ0v) is 15.8. The molecule has 1 aromatic heterocycles. The van der Waals surface area contributed by atoms with Gasteiger partial charge in [-0.05, 0) is 23.3 Å². The topological polar surface area (TPSA) is 88.1 Å². The normalized spacial score (nSPS) is 15.6. The van der Waals surface area contributed by atoms with Crippen LogP contribution in [0.2, 0.25) is 0 Å². The first-order valence-electron chi connectivity index (χ1n) is 8.72. The van der Waals surface area contributed by atoms with Crippen LogP contribution in [0, 0.1) is 0 Å². The zero-order valence-electron chi connectivity index (χ0n) is 14.6. The molecule has 2 heterocycles. The van der Waals surface area contributed by atoms with E-state index in [1.165, 1.54) is 0 Å². The van der Waals surface area contributed by atoms with Crippen molar-refractivity contribution in [2.24, 2.45) is 0 Å². The third-order valence-corrected chi connectivity index (χ3v) is 5.09. The third kappa shape index (κ3) is 3.54. The summed E-state index contributed by atoms with van der Waals surface area (Å²) in [5, 5.41) is 7.12. The smallest absolute Gasteiger partial charge is 0.349 e. The van der Waals surface area contributed by atoms with Crippen LogP contribution < -0.4 is 20.6 Å². The fourth-order valence-corrected chi connectivity index (χ4v) is 3.51. The van der Waals surface area contributed by atoms with Gasteiger partial charge in [-0.1, -0.05) is 36.4 Å². The molecule has 0 bridgehead atoms. The largest absolute Gasteiger partial charge is 0.446 e. The van der Waals surface area contributed by atoms with Gasteiger partial charge in [0.2, 0.25) is 0 Å². The molecule has 134 valence electrons. The molecule has 1 unspecified atom stereocenters.